The van der Waals surface area contributed by atoms with Crippen LogP contribution in [-0.2, 0) is 4.79 Å². The Hall–Kier alpha value is -1.70. The number of hydrogen-bond donors (Lipinski definition) is 1. The van der Waals surface area contributed by atoms with Crippen molar-refractivity contribution in [2.24, 2.45) is 5.92 Å². The molecule has 0 unspecified atom stereocenters. The molecule has 0 aromatic heterocycles. The largest absolute Gasteiger partial charge is 0.487 e. The molecule has 1 aromatic rings. The van der Waals surface area contributed by atoms with E-state index in [1.807, 2.05) is 25.1 Å². The molecular formula is C18H23ClN2O2. The first-order valence-corrected chi connectivity index (χ1v) is 8.32. The molecule has 23 heavy (non-hydrogen) atoms. The number of hydrogen-bond acceptors (Lipinski definition) is 3. The highest BCUT2D eigenvalue weighted by molar-refractivity contribution is 6.32. The van der Waals surface area contributed by atoms with Gasteiger partial charge in [0.25, 0.3) is 0 Å². The summed E-state index contributed by atoms with van der Waals surface area (Å²) in [6, 6.07) is 7.33. The first kappa shape index (κ1) is 17.7. The molecule has 2 rings (SSSR count). The second kappa shape index (κ2) is 8.81. The highest BCUT2D eigenvalue weighted by Crippen LogP contribution is 2.24. The Morgan fingerprint density at radius 1 is 1.48 bits per heavy atom. The van der Waals surface area contributed by atoms with Crippen molar-refractivity contribution >= 4 is 17.5 Å². The third-order valence-electron chi connectivity index (χ3n) is 4.00. The van der Waals surface area contributed by atoms with Crippen LogP contribution in [0.5, 0.6) is 5.75 Å². The van der Waals surface area contributed by atoms with Crippen molar-refractivity contribution in [3.63, 3.8) is 0 Å². The molecule has 0 spiro atoms. The number of rotatable bonds is 6. The zero-order chi connectivity index (χ0) is 16.7. The summed E-state index contributed by atoms with van der Waals surface area (Å²) in [5, 5.41) is 3.55. The molecule has 0 radical (unpaired) electrons. The number of para-hydroxylation sites is 1. The van der Waals surface area contributed by atoms with Crippen molar-refractivity contribution in [1.29, 1.82) is 0 Å². The van der Waals surface area contributed by atoms with E-state index in [2.05, 4.69) is 16.1 Å². The number of amides is 1. The number of likely N-dealkylation sites (tertiary alicyclic amines) is 1. The fourth-order valence-electron chi connectivity index (χ4n) is 2.67. The second-order valence-electron chi connectivity index (χ2n) is 5.86. The topological polar surface area (TPSA) is 41.6 Å². The standard InChI is InChI=1S/C18H23ClN2O2/c1-3-10-21-11-8-15(9-12-21)18(22)20-13-14(2)23-17-7-5-4-6-16(17)19/h1,4-7,14-15H,8-13H2,2H3,(H,20,22)/t14-/m0/s1. The van der Waals surface area contributed by atoms with Crippen molar-refractivity contribution in [2.75, 3.05) is 26.2 Å². The van der Waals surface area contributed by atoms with Crippen LogP contribution in [0.3, 0.4) is 0 Å². The molecule has 4 nitrogen and oxygen atoms in total. The van der Waals surface area contributed by atoms with Gasteiger partial charge in [0.2, 0.25) is 5.91 Å². The number of piperidine rings is 1. The molecule has 124 valence electrons. The Balaban J connectivity index is 1.72. The Kier molecular flexibility index (Phi) is 6.76. The van der Waals surface area contributed by atoms with Gasteiger partial charge < -0.3 is 10.1 Å². The summed E-state index contributed by atoms with van der Waals surface area (Å²) in [5.74, 6) is 3.45. The maximum Gasteiger partial charge on any atom is 0.223 e. The maximum atomic E-state index is 12.2. The van der Waals surface area contributed by atoms with E-state index in [9.17, 15) is 4.79 Å². The van der Waals surface area contributed by atoms with Gasteiger partial charge in [-0.25, -0.2) is 0 Å². The first-order chi connectivity index (χ1) is 11.1. The van der Waals surface area contributed by atoms with Crippen LogP contribution in [-0.4, -0.2) is 43.1 Å². The lowest BCUT2D eigenvalue weighted by Crippen LogP contribution is -2.42. The smallest absolute Gasteiger partial charge is 0.223 e. The molecule has 1 saturated heterocycles. The van der Waals surface area contributed by atoms with Crippen LogP contribution < -0.4 is 10.1 Å². The molecule has 1 aliphatic rings. The second-order valence-corrected chi connectivity index (χ2v) is 6.27. The van der Waals surface area contributed by atoms with Crippen LogP contribution in [0.25, 0.3) is 0 Å². The van der Waals surface area contributed by atoms with Gasteiger partial charge in [-0.2, -0.15) is 0 Å². The summed E-state index contributed by atoms with van der Waals surface area (Å²) in [6.07, 6.45) is 6.88. The fraction of sp³-hybridized carbons (Fsp3) is 0.500. The minimum Gasteiger partial charge on any atom is -0.487 e. The third-order valence-corrected chi connectivity index (χ3v) is 4.31. The van der Waals surface area contributed by atoms with Gasteiger partial charge >= 0.3 is 0 Å². The number of terminal acetylenes is 1. The number of ether oxygens (including phenoxy) is 1. The zero-order valence-electron chi connectivity index (χ0n) is 13.4. The van der Waals surface area contributed by atoms with Crippen molar-refractivity contribution in [3.8, 4) is 18.1 Å². The molecule has 1 aromatic carbocycles. The molecule has 1 heterocycles. The molecule has 1 atom stereocenters. The van der Waals surface area contributed by atoms with E-state index < -0.39 is 0 Å². The Bertz CT molecular complexity index is 562. The van der Waals surface area contributed by atoms with Crippen LogP contribution in [0.4, 0.5) is 0 Å². The predicted molar refractivity (Wildman–Crippen MR) is 92.5 cm³/mol. The molecule has 0 saturated carbocycles. The molecule has 1 aliphatic heterocycles. The van der Waals surface area contributed by atoms with Gasteiger partial charge in [0.15, 0.2) is 0 Å². The molecule has 5 heteroatoms. The maximum absolute atomic E-state index is 12.2. The summed E-state index contributed by atoms with van der Waals surface area (Å²) in [6.45, 7) is 4.81. The van der Waals surface area contributed by atoms with Gasteiger partial charge in [0, 0.05) is 5.92 Å². The number of nitrogens with one attached hydrogen (secondary N) is 1. The summed E-state index contributed by atoms with van der Waals surface area (Å²) >= 11 is 6.06. The zero-order valence-corrected chi connectivity index (χ0v) is 14.2. The van der Waals surface area contributed by atoms with Crippen LogP contribution in [0.15, 0.2) is 24.3 Å². The van der Waals surface area contributed by atoms with Crippen molar-refractivity contribution < 1.29 is 9.53 Å². The van der Waals surface area contributed by atoms with Gasteiger partial charge in [-0.3, -0.25) is 9.69 Å². The lowest BCUT2D eigenvalue weighted by atomic mass is 9.96. The summed E-state index contributed by atoms with van der Waals surface area (Å²) in [5.41, 5.74) is 0. The number of carbonyl (C=O) groups excluding carboxylic acids is 1. The van der Waals surface area contributed by atoms with E-state index >= 15 is 0 Å². The highest BCUT2D eigenvalue weighted by Gasteiger charge is 2.24. The minimum atomic E-state index is -0.139. The normalized spacial score (nSPS) is 17.3. The van der Waals surface area contributed by atoms with Crippen LogP contribution in [0, 0.1) is 18.3 Å². The monoisotopic (exact) mass is 334 g/mol. The number of nitrogens with zero attached hydrogens (tertiary/aromatic N) is 1. The molecule has 0 bridgehead atoms. The number of benzene rings is 1. The summed E-state index contributed by atoms with van der Waals surface area (Å²) < 4.78 is 5.75. The third kappa shape index (κ3) is 5.46. The quantitative estimate of drug-likeness (QED) is 0.813. The predicted octanol–water partition coefficient (Wildman–Crippen LogP) is 2.57. The Labute approximate surface area is 143 Å². The molecular weight excluding hydrogens is 312 g/mol. The van der Waals surface area contributed by atoms with Crippen LogP contribution in [0.1, 0.15) is 19.8 Å². The summed E-state index contributed by atoms with van der Waals surface area (Å²) in [7, 11) is 0. The lowest BCUT2D eigenvalue weighted by molar-refractivity contribution is -0.126. The van der Waals surface area contributed by atoms with E-state index in [1.165, 1.54) is 0 Å². The molecule has 0 aliphatic carbocycles. The van der Waals surface area contributed by atoms with E-state index in [-0.39, 0.29) is 17.9 Å². The van der Waals surface area contributed by atoms with Crippen molar-refractivity contribution in [3.05, 3.63) is 29.3 Å². The van der Waals surface area contributed by atoms with Crippen molar-refractivity contribution in [1.82, 2.24) is 10.2 Å². The van der Waals surface area contributed by atoms with E-state index in [0.29, 0.717) is 23.9 Å². The average Bonchev–Trinajstić information content (AvgIpc) is 2.56. The van der Waals surface area contributed by atoms with Gasteiger partial charge in [0.1, 0.15) is 11.9 Å². The Morgan fingerprint density at radius 3 is 2.83 bits per heavy atom. The van der Waals surface area contributed by atoms with Gasteiger partial charge in [-0.15, -0.1) is 6.42 Å². The van der Waals surface area contributed by atoms with Gasteiger partial charge in [0.05, 0.1) is 18.1 Å². The average molecular weight is 335 g/mol. The van der Waals surface area contributed by atoms with E-state index in [4.69, 9.17) is 22.8 Å². The SMILES string of the molecule is C#CCN1CCC(C(=O)NC[C@H](C)Oc2ccccc2Cl)CC1. The minimum absolute atomic E-state index is 0.0662. The van der Waals surface area contributed by atoms with E-state index in [0.717, 1.165) is 25.9 Å². The molecule has 1 N–H and O–H groups in total. The lowest BCUT2D eigenvalue weighted by Gasteiger charge is -2.30. The van der Waals surface area contributed by atoms with Crippen molar-refractivity contribution in [2.45, 2.75) is 25.9 Å². The Morgan fingerprint density at radius 2 is 2.17 bits per heavy atom. The van der Waals surface area contributed by atoms with Crippen LogP contribution >= 0.6 is 11.6 Å². The molecule has 1 fully saturated rings. The highest BCUT2D eigenvalue weighted by atomic mass is 35.5. The van der Waals surface area contributed by atoms with E-state index in [1.54, 1.807) is 6.07 Å². The molecule has 1 amide bonds. The summed E-state index contributed by atoms with van der Waals surface area (Å²) in [4.78, 5) is 14.4. The van der Waals surface area contributed by atoms with Crippen LogP contribution in [0.2, 0.25) is 5.02 Å². The number of carbonyl (C=O) groups is 1. The number of halogens is 1. The fourth-order valence-corrected chi connectivity index (χ4v) is 2.85. The van der Waals surface area contributed by atoms with Gasteiger partial charge in [-0.1, -0.05) is 29.7 Å². The first-order valence-electron chi connectivity index (χ1n) is 7.95. The van der Waals surface area contributed by atoms with Gasteiger partial charge in [-0.05, 0) is 45.0 Å².